The van der Waals surface area contributed by atoms with E-state index in [9.17, 15) is 22.8 Å². The molecule has 1 aliphatic rings. The number of nitrogens with two attached hydrogens (primary N) is 2. The van der Waals surface area contributed by atoms with Gasteiger partial charge in [0.05, 0.1) is 24.2 Å². The van der Waals surface area contributed by atoms with Crippen LogP contribution in [-0.2, 0) is 11.0 Å². The molecule has 4 N–H and O–H groups in total. The summed E-state index contributed by atoms with van der Waals surface area (Å²) in [6, 6.07) is 11.3. The number of alkyl halides is 3. The average Bonchev–Trinajstić information content (AvgIpc) is 2.81. The molecule has 0 aliphatic carbocycles. The van der Waals surface area contributed by atoms with Crippen molar-refractivity contribution in [2.45, 2.75) is 37.8 Å². The molecule has 182 valence electrons. The van der Waals surface area contributed by atoms with Crippen molar-refractivity contribution >= 4 is 17.8 Å². The molecule has 1 unspecified atom stereocenters. The van der Waals surface area contributed by atoms with Crippen LogP contribution in [0.25, 0.3) is 0 Å². The smallest absolute Gasteiger partial charge is 0.416 e. The third-order valence-electron chi connectivity index (χ3n) is 6.05. The maximum absolute atomic E-state index is 13.9. The molecule has 0 saturated carbocycles. The fraction of sp³-hybridized carbons (Fsp3) is 0.375. The standard InChI is InChI=1S/C24H27F3N4O3/c1-14(15-6-4-3-5-7-15)22(33)31-10-8-16(9-11-31)17-13-20(34-2)18(21(32)30-23(28)29)12-19(17)24(25,26)27/h3-7,12-14,16H,8-11H2,1-2H3,(H4,28,29,30,32). The quantitative estimate of drug-likeness (QED) is 0.506. The van der Waals surface area contributed by atoms with Crippen molar-refractivity contribution in [1.29, 1.82) is 0 Å². The zero-order valence-electron chi connectivity index (χ0n) is 18.9. The van der Waals surface area contributed by atoms with E-state index in [1.807, 2.05) is 37.3 Å². The van der Waals surface area contributed by atoms with E-state index in [2.05, 4.69) is 4.99 Å². The first-order valence-corrected chi connectivity index (χ1v) is 10.8. The van der Waals surface area contributed by atoms with Crippen LogP contribution in [0, 0.1) is 0 Å². The van der Waals surface area contributed by atoms with E-state index < -0.39 is 29.5 Å². The third kappa shape index (κ3) is 5.49. The lowest BCUT2D eigenvalue weighted by Gasteiger charge is -2.35. The number of methoxy groups -OCH3 is 1. The van der Waals surface area contributed by atoms with E-state index >= 15 is 0 Å². The van der Waals surface area contributed by atoms with Crippen LogP contribution in [0.1, 0.15) is 58.6 Å². The van der Waals surface area contributed by atoms with E-state index in [4.69, 9.17) is 16.2 Å². The van der Waals surface area contributed by atoms with Gasteiger partial charge in [-0.3, -0.25) is 9.59 Å². The number of nitrogens with zero attached hydrogens (tertiary/aromatic N) is 2. The molecule has 0 spiro atoms. The minimum atomic E-state index is -4.70. The Bertz CT molecular complexity index is 1070. The summed E-state index contributed by atoms with van der Waals surface area (Å²) in [6.07, 6.45) is -4.01. The third-order valence-corrected chi connectivity index (χ3v) is 6.05. The van der Waals surface area contributed by atoms with Crippen molar-refractivity contribution in [3.8, 4) is 5.75 Å². The lowest BCUT2D eigenvalue weighted by atomic mass is 9.84. The van der Waals surface area contributed by atoms with E-state index in [0.29, 0.717) is 25.9 Å². The largest absolute Gasteiger partial charge is 0.496 e. The Hall–Kier alpha value is -3.56. The Morgan fingerprint density at radius 2 is 1.74 bits per heavy atom. The molecule has 1 aliphatic heterocycles. The summed E-state index contributed by atoms with van der Waals surface area (Å²) in [4.78, 5) is 30.2. The maximum Gasteiger partial charge on any atom is 0.416 e. The maximum atomic E-state index is 13.9. The number of guanidine groups is 1. The second-order valence-electron chi connectivity index (χ2n) is 8.21. The first-order chi connectivity index (χ1) is 16.0. The van der Waals surface area contributed by atoms with Gasteiger partial charge in [0, 0.05) is 13.1 Å². The summed E-state index contributed by atoms with van der Waals surface area (Å²) in [5.41, 5.74) is 9.99. The van der Waals surface area contributed by atoms with Crippen LogP contribution in [0.2, 0.25) is 0 Å². The first-order valence-electron chi connectivity index (χ1n) is 10.8. The summed E-state index contributed by atoms with van der Waals surface area (Å²) in [7, 11) is 1.25. The number of likely N-dealkylation sites (tertiary alicyclic amines) is 1. The highest BCUT2D eigenvalue weighted by Gasteiger charge is 2.38. The highest BCUT2D eigenvalue weighted by Crippen LogP contribution is 2.42. The van der Waals surface area contributed by atoms with Gasteiger partial charge in [0.2, 0.25) is 5.91 Å². The van der Waals surface area contributed by atoms with Crippen molar-refractivity contribution in [3.63, 3.8) is 0 Å². The fourth-order valence-electron chi connectivity index (χ4n) is 4.26. The van der Waals surface area contributed by atoms with Crippen LogP contribution in [0.5, 0.6) is 5.75 Å². The van der Waals surface area contributed by atoms with Crippen molar-refractivity contribution in [3.05, 3.63) is 64.7 Å². The molecular weight excluding hydrogens is 449 g/mol. The number of ether oxygens (including phenoxy) is 1. The van der Waals surface area contributed by atoms with Crippen LogP contribution < -0.4 is 16.2 Å². The van der Waals surface area contributed by atoms with Crippen molar-refractivity contribution in [2.24, 2.45) is 16.5 Å². The SMILES string of the molecule is COc1cc(C2CCN(C(=O)C(C)c3ccccc3)CC2)c(C(F)(F)F)cc1C(=O)N=C(N)N. The summed E-state index contributed by atoms with van der Waals surface area (Å²) in [5, 5.41) is 0. The number of piperidine rings is 1. The monoisotopic (exact) mass is 476 g/mol. The summed E-state index contributed by atoms with van der Waals surface area (Å²) in [5.74, 6) is -2.50. The number of aliphatic imine (C=N–C) groups is 1. The van der Waals surface area contributed by atoms with Crippen LogP contribution in [0.15, 0.2) is 47.5 Å². The summed E-state index contributed by atoms with van der Waals surface area (Å²) in [6.45, 7) is 2.48. The predicted octanol–water partition coefficient (Wildman–Crippen LogP) is 3.64. The zero-order chi connectivity index (χ0) is 25.0. The molecule has 3 rings (SSSR count). The molecule has 2 aromatic rings. The van der Waals surface area contributed by atoms with Gasteiger partial charge < -0.3 is 21.1 Å². The van der Waals surface area contributed by atoms with Crippen molar-refractivity contribution in [1.82, 2.24) is 4.90 Å². The van der Waals surface area contributed by atoms with Gasteiger partial charge in [0.25, 0.3) is 5.91 Å². The second-order valence-corrected chi connectivity index (χ2v) is 8.21. The molecule has 1 heterocycles. The molecule has 2 amide bonds. The Labute approximate surface area is 195 Å². The highest BCUT2D eigenvalue weighted by atomic mass is 19.4. The normalized spacial score (nSPS) is 15.5. The Balaban J connectivity index is 1.85. The highest BCUT2D eigenvalue weighted by molar-refractivity contribution is 6.04. The molecule has 0 bridgehead atoms. The summed E-state index contributed by atoms with van der Waals surface area (Å²) >= 11 is 0. The molecule has 34 heavy (non-hydrogen) atoms. The molecule has 1 atom stereocenters. The van der Waals surface area contributed by atoms with E-state index in [0.717, 1.165) is 11.6 Å². The lowest BCUT2D eigenvalue weighted by Crippen LogP contribution is -2.40. The van der Waals surface area contributed by atoms with Gasteiger partial charge in [-0.2, -0.15) is 18.2 Å². The molecule has 1 fully saturated rings. The van der Waals surface area contributed by atoms with Crippen molar-refractivity contribution in [2.75, 3.05) is 20.2 Å². The molecule has 0 aromatic heterocycles. The molecule has 10 heteroatoms. The van der Waals surface area contributed by atoms with Crippen LogP contribution in [0.4, 0.5) is 13.2 Å². The molecular formula is C24H27F3N4O3. The lowest BCUT2D eigenvalue weighted by molar-refractivity contribution is -0.139. The number of hydrogen-bond acceptors (Lipinski definition) is 3. The van der Waals surface area contributed by atoms with Crippen LogP contribution >= 0.6 is 0 Å². The van der Waals surface area contributed by atoms with Gasteiger partial charge in [-0.15, -0.1) is 0 Å². The van der Waals surface area contributed by atoms with Gasteiger partial charge in [-0.05, 0) is 48.9 Å². The average molecular weight is 476 g/mol. The fourth-order valence-corrected chi connectivity index (χ4v) is 4.26. The minimum absolute atomic E-state index is 0.0220. The number of rotatable bonds is 5. The number of halogens is 3. The predicted molar refractivity (Wildman–Crippen MR) is 122 cm³/mol. The molecule has 2 aromatic carbocycles. The molecule has 7 nitrogen and oxygen atoms in total. The summed E-state index contributed by atoms with van der Waals surface area (Å²) < 4.78 is 47.0. The minimum Gasteiger partial charge on any atom is -0.496 e. The number of carbonyl (C=O) groups is 2. The topological polar surface area (TPSA) is 111 Å². The number of hydrogen-bond donors (Lipinski definition) is 2. The van der Waals surface area contributed by atoms with Gasteiger partial charge in [-0.1, -0.05) is 30.3 Å². The first kappa shape index (κ1) is 25.1. The number of carbonyl (C=O) groups excluding carboxylic acids is 2. The number of benzene rings is 2. The van der Waals surface area contributed by atoms with Crippen LogP contribution in [0.3, 0.4) is 0 Å². The van der Waals surface area contributed by atoms with Crippen LogP contribution in [-0.4, -0.2) is 42.9 Å². The zero-order valence-corrected chi connectivity index (χ0v) is 18.9. The van der Waals surface area contributed by atoms with Gasteiger partial charge >= 0.3 is 6.18 Å². The molecule has 1 saturated heterocycles. The van der Waals surface area contributed by atoms with E-state index in [1.54, 1.807) is 4.90 Å². The van der Waals surface area contributed by atoms with Gasteiger partial charge in [0.15, 0.2) is 5.96 Å². The molecule has 0 radical (unpaired) electrons. The van der Waals surface area contributed by atoms with E-state index in [1.165, 1.54) is 13.2 Å². The Morgan fingerprint density at radius 1 is 1.12 bits per heavy atom. The number of amides is 2. The van der Waals surface area contributed by atoms with E-state index in [-0.39, 0.29) is 28.7 Å². The van der Waals surface area contributed by atoms with Gasteiger partial charge in [-0.25, -0.2) is 0 Å². The Kier molecular flexibility index (Phi) is 7.48. The second kappa shape index (κ2) is 10.1. The van der Waals surface area contributed by atoms with Crippen molar-refractivity contribution < 1.29 is 27.5 Å². The van der Waals surface area contributed by atoms with Gasteiger partial charge in [0.1, 0.15) is 5.75 Å². The Morgan fingerprint density at radius 3 is 2.26 bits per heavy atom.